The van der Waals surface area contributed by atoms with Crippen LogP contribution >= 0.6 is 0 Å². The topological polar surface area (TPSA) is 66.0 Å². The van der Waals surface area contributed by atoms with Crippen LogP contribution in [0.1, 0.15) is 26.3 Å². The molecule has 0 aliphatic carbocycles. The van der Waals surface area contributed by atoms with Gasteiger partial charge in [0.05, 0.1) is 6.61 Å². The fourth-order valence-corrected chi connectivity index (χ4v) is 2.15. The fourth-order valence-electron chi connectivity index (χ4n) is 2.15. The van der Waals surface area contributed by atoms with Gasteiger partial charge in [-0.2, -0.15) is 0 Å². The Morgan fingerprint density at radius 1 is 1.17 bits per heavy atom. The Morgan fingerprint density at radius 2 is 1.92 bits per heavy atom. The summed E-state index contributed by atoms with van der Waals surface area (Å²) < 4.78 is 5.29. The molecule has 0 heterocycles. The number of likely N-dealkylation sites (N-methyl/N-ethyl adjacent to an activating group) is 1. The van der Waals surface area contributed by atoms with Gasteiger partial charge in [0.2, 0.25) is 5.91 Å². The summed E-state index contributed by atoms with van der Waals surface area (Å²) in [5.41, 5.74) is 1.12. The molecule has 1 aromatic rings. The molecule has 0 atom stereocenters. The highest BCUT2D eigenvalue weighted by atomic mass is 16.5. The standard InChI is InChI=1S/C18H30N4O2/c1-4-19-18(20-12-13-24-6-3)21-14-17(23)22(5-2)15-16-10-8-7-9-11-16/h7-11H,4-6,12-15H2,1-3H3,(H2,19,20,21). The van der Waals surface area contributed by atoms with Gasteiger partial charge in [-0.15, -0.1) is 0 Å². The first-order valence-electron chi connectivity index (χ1n) is 8.62. The number of carbonyl (C=O) groups is 1. The van der Waals surface area contributed by atoms with Crippen LogP contribution in [0.2, 0.25) is 0 Å². The van der Waals surface area contributed by atoms with Gasteiger partial charge < -0.3 is 20.3 Å². The molecule has 0 aliphatic heterocycles. The minimum atomic E-state index is 0.0170. The molecule has 0 aromatic heterocycles. The first-order valence-corrected chi connectivity index (χ1v) is 8.62. The molecule has 0 radical (unpaired) electrons. The molecule has 134 valence electrons. The monoisotopic (exact) mass is 334 g/mol. The third-order valence-corrected chi connectivity index (χ3v) is 3.41. The zero-order valence-corrected chi connectivity index (χ0v) is 15.0. The summed E-state index contributed by atoms with van der Waals surface area (Å²) in [4.78, 5) is 18.6. The molecule has 6 nitrogen and oxygen atoms in total. The van der Waals surface area contributed by atoms with E-state index >= 15 is 0 Å². The number of aliphatic imine (C=N–C) groups is 1. The van der Waals surface area contributed by atoms with Crippen LogP contribution in [-0.2, 0) is 16.1 Å². The van der Waals surface area contributed by atoms with Crippen LogP contribution in [0.15, 0.2) is 35.3 Å². The van der Waals surface area contributed by atoms with Crippen molar-refractivity contribution in [1.29, 1.82) is 0 Å². The third kappa shape index (κ3) is 7.97. The number of nitrogens with one attached hydrogen (secondary N) is 2. The molecular weight excluding hydrogens is 304 g/mol. The highest BCUT2D eigenvalue weighted by molar-refractivity contribution is 5.84. The molecule has 6 heteroatoms. The van der Waals surface area contributed by atoms with Crippen molar-refractivity contribution in [1.82, 2.24) is 15.5 Å². The van der Waals surface area contributed by atoms with Crippen molar-refractivity contribution < 1.29 is 9.53 Å². The molecule has 0 unspecified atom stereocenters. The maximum atomic E-state index is 12.4. The van der Waals surface area contributed by atoms with Crippen molar-refractivity contribution in [3.05, 3.63) is 35.9 Å². The molecule has 1 amide bonds. The van der Waals surface area contributed by atoms with Gasteiger partial charge in [-0.3, -0.25) is 4.79 Å². The molecule has 0 saturated heterocycles. The minimum absolute atomic E-state index is 0.0170. The number of ether oxygens (including phenoxy) is 1. The molecule has 0 aliphatic rings. The molecule has 0 spiro atoms. The second-order valence-electron chi connectivity index (χ2n) is 5.21. The van der Waals surface area contributed by atoms with Crippen LogP contribution < -0.4 is 10.6 Å². The Morgan fingerprint density at radius 3 is 2.54 bits per heavy atom. The normalized spacial score (nSPS) is 11.2. The largest absolute Gasteiger partial charge is 0.380 e. The van der Waals surface area contributed by atoms with E-state index in [1.165, 1.54) is 0 Å². The molecule has 1 rings (SSSR count). The first kappa shape index (κ1) is 20.0. The molecule has 1 aromatic carbocycles. The van der Waals surface area contributed by atoms with Crippen LogP contribution in [0.3, 0.4) is 0 Å². The van der Waals surface area contributed by atoms with Crippen molar-refractivity contribution in [3.8, 4) is 0 Å². The lowest BCUT2D eigenvalue weighted by molar-refractivity contribution is -0.130. The number of amides is 1. The number of guanidine groups is 1. The van der Waals surface area contributed by atoms with Crippen molar-refractivity contribution in [2.45, 2.75) is 27.3 Å². The van der Waals surface area contributed by atoms with Crippen LogP contribution in [-0.4, -0.2) is 56.2 Å². The predicted octanol–water partition coefficient (Wildman–Crippen LogP) is 1.63. The molecule has 0 bridgehead atoms. The van der Waals surface area contributed by atoms with E-state index in [2.05, 4.69) is 15.6 Å². The predicted molar refractivity (Wildman–Crippen MR) is 98.0 cm³/mol. The van der Waals surface area contributed by atoms with Crippen LogP contribution in [0.4, 0.5) is 0 Å². The number of carbonyl (C=O) groups excluding carboxylic acids is 1. The van der Waals surface area contributed by atoms with Gasteiger partial charge in [-0.25, -0.2) is 4.99 Å². The highest BCUT2D eigenvalue weighted by Crippen LogP contribution is 2.04. The summed E-state index contributed by atoms with van der Waals surface area (Å²) in [6.45, 7) is 10.1. The van der Waals surface area contributed by atoms with Gasteiger partial charge >= 0.3 is 0 Å². The van der Waals surface area contributed by atoms with Crippen LogP contribution in [0.5, 0.6) is 0 Å². The average Bonchev–Trinajstić information content (AvgIpc) is 2.61. The Bertz CT molecular complexity index is 491. The minimum Gasteiger partial charge on any atom is -0.380 e. The Labute approximate surface area is 145 Å². The van der Waals surface area contributed by atoms with Gasteiger partial charge in [0.15, 0.2) is 5.96 Å². The Balaban J connectivity index is 2.53. The lowest BCUT2D eigenvalue weighted by Gasteiger charge is -2.20. The van der Waals surface area contributed by atoms with E-state index in [-0.39, 0.29) is 12.5 Å². The van der Waals surface area contributed by atoms with Gasteiger partial charge in [-0.1, -0.05) is 30.3 Å². The number of benzene rings is 1. The van der Waals surface area contributed by atoms with Gasteiger partial charge in [0.1, 0.15) is 6.54 Å². The lowest BCUT2D eigenvalue weighted by Crippen LogP contribution is -2.40. The van der Waals surface area contributed by atoms with Crippen molar-refractivity contribution in [3.63, 3.8) is 0 Å². The van der Waals surface area contributed by atoms with Gasteiger partial charge in [0, 0.05) is 32.8 Å². The molecule has 0 saturated carbocycles. The summed E-state index contributed by atoms with van der Waals surface area (Å²) in [6, 6.07) is 9.99. The smallest absolute Gasteiger partial charge is 0.244 e. The van der Waals surface area contributed by atoms with E-state index in [4.69, 9.17) is 4.74 Å². The van der Waals surface area contributed by atoms with Gasteiger partial charge in [0.25, 0.3) is 0 Å². The summed E-state index contributed by atoms with van der Waals surface area (Å²) in [7, 11) is 0. The van der Waals surface area contributed by atoms with E-state index in [0.717, 1.165) is 12.1 Å². The summed E-state index contributed by atoms with van der Waals surface area (Å²) in [6.07, 6.45) is 0. The zero-order chi connectivity index (χ0) is 17.6. The van der Waals surface area contributed by atoms with E-state index in [9.17, 15) is 4.79 Å². The molecule has 24 heavy (non-hydrogen) atoms. The highest BCUT2D eigenvalue weighted by Gasteiger charge is 2.11. The number of hydrogen-bond donors (Lipinski definition) is 2. The summed E-state index contributed by atoms with van der Waals surface area (Å²) in [5, 5.41) is 6.29. The molecular formula is C18H30N4O2. The van der Waals surface area contributed by atoms with E-state index in [0.29, 0.717) is 38.8 Å². The molecule has 0 fully saturated rings. The first-order chi connectivity index (χ1) is 11.7. The van der Waals surface area contributed by atoms with E-state index in [1.54, 1.807) is 0 Å². The Kier molecular flexibility index (Phi) is 10.3. The number of nitrogens with zero attached hydrogens (tertiary/aromatic N) is 2. The van der Waals surface area contributed by atoms with Crippen molar-refractivity contribution in [2.24, 2.45) is 4.99 Å². The number of rotatable bonds is 10. The van der Waals surface area contributed by atoms with Crippen LogP contribution in [0.25, 0.3) is 0 Å². The van der Waals surface area contributed by atoms with Gasteiger partial charge in [-0.05, 0) is 26.3 Å². The van der Waals surface area contributed by atoms with Crippen molar-refractivity contribution in [2.75, 3.05) is 39.4 Å². The zero-order valence-electron chi connectivity index (χ0n) is 15.0. The second kappa shape index (κ2) is 12.4. The molecule has 2 N–H and O–H groups in total. The third-order valence-electron chi connectivity index (χ3n) is 3.41. The maximum Gasteiger partial charge on any atom is 0.244 e. The van der Waals surface area contributed by atoms with E-state index < -0.39 is 0 Å². The average molecular weight is 334 g/mol. The SMILES string of the molecule is CCNC(=NCC(=O)N(CC)Cc1ccccc1)NCCOCC. The summed E-state index contributed by atoms with van der Waals surface area (Å²) in [5.74, 6) is 0.657. The summed E-state index contributed by atoms with van der Waals surface area (Å²) >= 11 is 0. The van der Waals surface area contributed by atoms with E-state index in [1.807, 2.05) is 56.0 Å². The number of hydrogen-bond acceptors (Lipinski definition) is 3. The maximum absolute atomic E-state index is 12.4. The second-order valence-corrected chi connectivity index (χ2v) is 5.21. The lowest BCUT2D eigenvalue weighted by atomic mass is 10.2. The van der Waals surface area contributed by atoms with Crippen molar-refractivity contribution >= 4 is 11.9 Å². The quantitative estimate of drug-likeness (QED) is 0.388. The fraction of sp³-hybridized carbons (Fsp3) is 0.556. The Hall–Kier alpha value is -2.08. The van der Waals surface area contributed by atoms with Crippen LogP contribution in [0, 0.1) is 0 Å².